The largest absolute Gasteiger partial charge is 0.497 e. The van der Waals surface area contributed by atoms with Crippen molar-refractivity contribution in [2.24, 2.45) is 0 Å². The van der Waals surface area contributed by atoms with Gasteiger partial charge < -0.3 is 19.7 Å². The van der Waals surface area contributed by atoms with Crippen LogP contribution in [0.3, 0.4) is 0 Å². The van der Waals surface area contributed by atoms with E-state index in [0.717, 1.165) is 5.56 Å². The van der Waals surface area contributed by atoms with E-state index < -0.39 is 6.04 Å². The van der Waals surface area contributed by atoms with Crippen LogP contribution in [0.25, 0.3) is 0 Å². The Balaban J connectivity index is 2.14. The molecule has 29 heavy (non-hydrogen) atoms. The summed E-state index contributed by atoms with van der Waals surface area (Å²) in [4.78, 5) is 26.7. The Morgan fingerprint density at radius 1 is 1.07 bits per heavy atom. The van der Waals surface area contributed by atoms with Gasteiger partial charge >= 0.3 is 0 Å². The molecule has 6 nitrogen and oxygen atoms in total. The molecule has 2 amide bonds. The second-order valence-electron chi connectivity index (χ2n) is 6.30. The number of nitrogens with zero attached hydrogens (tertiary/aromatic N) is 1. The van der Waals surface area contributed by atoms with Gasteiger partial charge in [0.15, 0.2) is 6.61 Å². The van der Waals surface area contributed by atoms with E-state index in [2.05, 4.69) is 5.32 Å². The first-order valence-corrected chi connectivity index (χ1v) is 9.89. The minimum Gasteiger partial charge on any atom is -0.497 e. The summed E-state index contributed by atoms with van der Waals surface area (Å²) in [6, 6.07) is 11.3. The fourth-order valence-electron chi connectivity index (χ4n) is 2.64. The zero-order valence-electron chi connectivity index (χ0n) is 16.6. The predicted octanol–water partition coefficient (Wildman–Crippen LogP) is 3.93. The fraction of sp³-hybridized carbons (Fsp3) is 0.333. The van der Waals surface area contributed by atoms with Crippen molar-refractivity contribution in [2.75, 3.05) is 20.3 Å². The van der Waals surface area contributed by atoms with Crippen molar-refractivity contribution in [3.8, 4) is 11.5 Å². The summed E-state index contributed by atoms with van der Waals surface area (Å²) in [5, 5.41) is 3.55. The topological polar surface area (TPSA) is 67.9 Å². The summed E-state index contributed by atoms with van der Waals surface area (Å²) in [5.41, 5.74) is 0.758. The second kappa shape index (κ2) is 10.9. The Morgan fingerprint density at radius 3 is 2.31 bits per heavy atom. The van der Waals surface area contributed by atoms with Crippen molar-refractivity contribution >= 4 is 35.0 Å². The van der Waals surface area contributed by atoms with Gasteiger partial charge in [0.05, 0.1) is 17.2 Å². The van der Waals surface area contributed by atoms with Crippen molar-refractivity contribution in [3.05, 3.63) is 58.1 Å². The molecular weight excluding hydrogens is 415 g/mol. The maximum atomic E-state index is 12.9. The molecule has 2 aromatic rings. The van der Waals surface area contributed by atoms with Gasteiger partial charge in [0.25, 0.3) is 5.91 Å². The first kappa shape index (κ1) is 22.8. The molecular formula is C21H24Cl2N2O4. The lowest BCUT2D eigenvalue weighted by atomic mass is 10.1. The maximum Gasteiger partial charge on any atom is 0.261 e. The predicted molar refractivity (Wildman–Crippen MR) is 114 cm³/mol. The molecule has 1 atom stereocenters. The zero-order valence-corrected chi connectivity index (χ0v) is 18.1. The van der Waals surface area contributed by atoms with Crippen molar-refractivity contribution < 1.29 is 19.1 Å². The number of carbonyl (C=O) groups is 2. The summed E-state index contributed by atoms with van der Waals surface area (Å²) in [6.45, 7) is 3.95. The third kappa shape index (κ3) is 6.54. The first-order chi connectivity index (χ1) is 13.8. The lowest BCUT2D eigenvalue weighted by Gasteiger charge is -2.28. The third-order valence-electron chi connectivity index (χ3n) is 4.28. The molecule has 0 heterocycles. The van der Waals surface area contributed by atoms with Crippen molar-refractivity contribution in [1.29, 1.82) is 0 Å². The van der Waals surface area contributed by atoms with Crippen LogP contribution in [0.15, 0.2) is 42.5 Å². The Hall–Kier alpha value is -2.44. The summed E-state index contributed by atoms with van der Waals surface area (Å²) in [6.07, 6.45) is 0. The molecule has 0 aromatic heterocycles. The highest BCUT2D eigenvalue weighted by Gasteiger charge is 2.26. The van der Waals surface area contributed by atoms with Crippen molar-refractivity contribution in [1.82, 2.24) is 10.2 Å². The highest BCUT2D eigenvalue weighted by Crippen LogP contribution is 2.24. The van der Waals surface area contributed by atoms with E-state index in [4.69, 9.17) is 32.7 Å². The molecule has 0 bridgehead atoms. The molecule has 0 spiro atoms. The van der Waals surface area contributed by atoms with Crippen LogP contribution in [-0.4, -0.2) is 43.0 Å². The molecule has 0 saturated heterocycles. The molecule has 156 valence electrons. The van der Waals surface area contributed by atoms with E-state index in [1.807, 2.05) is 6.92 Å². The number of amides is 2. The quantitative estimate of drug-likeness (QED) is 0.643. The van der Waals surface area contributed by atoms with Crippen LogP contribution in [0.5, 0.6) is 11.5 Å². The van der Waals surface area contributed by atoms with E-state index in [9.17, 15) is 9.59 Å². The number of halogens is 2. The smallest absolute Gasteiger partial charge is 0.261 e. The molecule has 0 fully saturated rings. The van der Waals surface area contributed by atoms with Gasteiger partial charge in [-0.1, -0.05) is 29.3 Å². The molecule has 8 heteroatoms. The van der Waals surface area contributed by atoms with Gasteiger partial charge in [0, 0.05) is 13.1 Å². The number of rotatable bonds is 9. The van der Waals surface area contributed by atoms with Crippen molar-refractivity contribution in [3.63, 3.8) is 0 Å². The monoisotopic (exact) mass is 438 g/mol. The Bertz CT molecular complexity index is 843. The Morgan fingerprint density at radius 2 is 1.72 bits per heavy atom. The SMILES string of the molecule is CCNC(=O)[C@@H](C)N(Cc1ccc(Cl)c(Cl)c1)C(=O)COc1ccc(OC)cc1. The molecule has 0 unspecified atom stereocenters. The summed E-state index contributed by atoms with van der Waals surface area (Å²) in [7, 11) is 1.57. The van der Waals surface area contributed by atoms with E-state index >= 15 is 0 Å². The minimum atomic E-state index is -0.684. The second-order valence-corrected chi connectivity index (χ2v) is 7.12. The molecule has 0 saturated carbocycles. The van der Waals surface area contributed by atoms with Gasteiger partial charge in [-0.05, 0) is 55.8 Å². The molecule has 0 aliphatic heterocycles. The molecule has 0 radical (unpaired) electrons. The normalized spacial score (nSPS) is 11.5. The number of nitrogens with one attached hydrogen (secondary N) is 1. The van der Waals surface area contributed by atoms with Crippen LogP contribution in [0.1, 0.15) is 19.4 Å². The number of ether oxygens (including phenoxy) is 2. The zero-order chi connectivity index (χ0) is 21.4. The van der Waals surface area contributed by atoms with Crippen LogP contribution < -0.4 is 14.8 Å². The van der Waals surface area contributed by atoms with Crippen LogP contribution in [-0.2, 0) is 16.1 Å². The number of methoxy groups -OCH3 is 1. The standard InChI is InChI=1S/C21H24Cl2N2O4/c1-4-24-21(27)14(2)25(12-15-5-10-18(22)19(23)11-15)20(26)13-29-17-8-6-16(28-3)7-9-17/h5-11,14H,4,12-13H2,1-3H3,(H,24,27)/t14-/m1/s1. The third-order valence-corrected chi connectivity index (χ3v) is 5.02. The number of benzene rings is 2. The minimum absolute atomic E-state index is 0.194. The van der Waals surface area contributed by atoms with E-state index in [-0.39, 0.29) is 25.0 Å². The van der Waals surface area contributed by atoms with Crippen LogP contribution in [0, 0.1) is 0 Å². The highest BCUT2D eigenvalue weighted by atomic mass is 35.5. The summed E-state index contributed by atoms with van der Waals surface area (Å²) in [5.74, 6) is 0.644. The lowest BCUT2D eigenvalue weighted by Crippen LogP contribution is -2.49. The van der Waals surface area contributed by atoms with Gasteiger partial charge in [-0.2, -0.15) is 0 Å². The lowest BCUT2D eigenvalue weighted by molar-refractivity contribution is -0.142. The molecule has 0 aliphatic rings. The van der Waals surface area contributed by atoms with Crippen molar-refractivity contribution in [2.45, 2.75) is 26.4 Å². The van der Waals surface area contributed by atoms with Gasteiger partial charge in [-0.3, -0.25) is 9.59 Å². The number of hydrogen-bond acceptors (Lipinski definition) is 4. The number of likely N-dealkylation sites (N-methyl/N-ethyl adjacent to an activating group) is 1. The van der Waals surface area contributed by atoms with Crippen LogP contribution in [0.2, 0.25) is 10.0 Å². The molecule has 1 N–H and O–H groups in total. The first-order valence-electron chi connectivity index (χ1n) is 9.13. The van der Waals surface area contributed by atoms with Gasteiger partial charge in [-0.25, -0.2) is 0 Å². The van der Waals surface area contributed by atoms with E-state index in [0.29, 0.717) is 28.1 Å². The van der Waals surface area contributed by atoms with Gasteiger partial charge in [0.2, 0.25) is 5.91 Å². The summed E-state index contributed by atoms with van der Waals surface area (Å²) >= 11 is 12.1. The van der Waals surface area contributed by atoms with Crippen LogP contribution >= 0.6 is 23.2 Å². The Kier molecular flexibility index (Phi) is 8.61. The highest BCUT2D eigenvalue weighted by molar-refractivity contribution is 6.42. The molecule has 0 aliphatic carbocycles. The average molecular weight is 439 g/mol. The number of hydrogen-bond donors (Lipinski definition) is 1. The fourth-order valence-corrected chi connectivity index (χ4v) is 2.96. The maximum absolute atomic E-state index is 12.9. The van der Waals surface area contributed by atoms with Gasteiger partial charge in [-0.15, -0.1) is 0 Å². The summed E-state index contributed by atoms with van der Waals surface area (Å²) < 4.78 is 10.7. The molecule has 2 rings (SSSR count). The average Bonchev–Trinajstić information content (AvgIpc) is 2.72. The van der Waals surface area contributed by atoms with E-state index in [1.165, 1.54) is 4.90 Å². The van der Waals surface area contributed by atoms with Gasteiger partial charge in [0.1, 0.15) is 17.5 Å². The Labute approximate surface area is 180 Å². The van der Waals surface area contributed by atoms with Crippen LogP contribution in [0.4, 0.5) is 0 Å². The molecule has 2 aromatic carbocycles. The number of carbonyl (C=O) groups excluding carboxylic acids is 2. The van der Waals surface area contributed by atoms with E-state index in [1.54, 1.807) is 56.5 Å².